The predicted octanol–water partition coefficient (Wildman–Crippen LogP) is 2.84. The van der Waals surface area contributed by atoms with Gasteiger partial charge < -0.3 is 4.79 Å². The van der Waals surface area contributed by atoms with Crippen molar-refractivity contribution in [1.29, 1.82) is 0 Å². The zero-order chi connectivity index (χ0) is 9.07. The topological polar surface area (TPSA) is 17.1 Å². The number of hydrogen-bond donors (Lipinski definition) is 0. The molecule has 0 saturated carbocycles. The summed E-state index contributed by atoms with van der Waals surface area (Å²) < 4.78 is 0. The molecule has 0 aliphatic rings. The highest BCUT2D eigenvalue weighted by molar-refractivity contribution is 6.38. The highest BCUT2D eigenvalue weighted by Crippen LogP contribution is 2.30. The van der Waals surface area contributed by atoms with Crippen LogP contribution >= 0.6 is 23.2 Å². The molecule has 1 nitrogen and oxygen atoms in total. The third-order valence-electron chi connectivity index (χ3n) is 1.78. The molecular formula is C8H14Cl2O. The normalized spacial score (nSPS) is 19.5. The molecule has 0 radical (unpaired) electrons. The lowest BCUT2D eigenvalue weighted by Crippen LogP contribution is -2.37. The van der Waals surface area contributed by atoms with E-state index in [1.165, 1.54) is 0 Å². The van der Waals surface area contributed by atoms with Crippen LogP contribution in [-0.2, 0) is 4.79 Å². The van der Waals surface area contributed by atoms with Crippen LogP contribution in [0.15, 0.2) is 0 Å². The number of carbonyl (C=O) groups is 1. The average molecular weight is 197 g/mol. The summed E-state index contributed by atoms with van der Waals surface area (Å²) in [5.41, 5.74) is 0. The number of halogens is 2. The molecule has 0 aromatic rings. The highest BCUT2D eigenvalue weighted by atomic mass is 35.5. The summed E-state index contributed by atoms with van der Waals surface area (Å²) in [7, 11) is 0. The van der Waals surface area contributed by atoms with Crippen LogP contribution in [0.5, 0.6) is 0 Å². The molecule has 0 N–H and O–H groups in total. The van der Waals surface area contributed by atoms with E-state index in [2.05, 4.69) is 0 Å². The van der Waals surface area contributed by atoms with E-state index in [9.17, 15) is 4.79 Å². The Bertz CT molecular complexity index is 136. The van der Waals surface area contributed by atoms with Crippen molar-refractivity contribution in [2.45, 2.75) is 37.4 Å². The van der Waals surface area contributed by atoms with Crippen molar-refractivity contribution in [1.82, 2.24) is 0 Å². The van der Waals surface area contributed by atoms with Crippen molar-refractivity contribution < 1.29 is 4.79 Å². The lowest BCUT2D eigenvalue weighted by atomic mass is 9.94. The zero-order valence-corrected chi connectivity index (χ0v) is 8.62. The second-order valence-corrected chi connectivity index (χ2v) is 4.22. The Morgan fingerprint density at radius 3 is 2.09 bits per heavy atom. The largest absolute Gasteiger partial charge is 0.301 e. The summed E-state index contributed by atoms with van der Waals surface area (Å²) in [6.45, 7) is 5.76. The van der Waals surface area contributed by atoms with E-state index in [1.54, 1.807) is 0 Å². The highest BCUT2D eigenvalue weighted by Gasteiger charge is 2.35. The zero-order valence-electron chi connectivity index (χ0n) is 7.10. The molecule has 0 aromatic carbocycles. The Balaban J connectivity index is 4.36. The van der Waals surface area contributed by atoms with Crippen LogP contribution in [0.3, 0.4) is 0 Å². The summed E-state index contributed by atoms with van der Waals surface area (Å²) in [4.78, 5) is 9.71. The van der Waals surface area contributed by atoms with E-state index in [4.69, 9.17) is 23.2 Å². The molecule has 0 heterocycles. The second-order valence-electron chi connectivity index (χ2n) is 3.04. The maximum atomic E-state index is 10.6. The lowest BCUT2D eigenvalue weighted by Gasteiger charge is -2.27. The van der Waals surface area contributed by atoms with Gasteiger partial charge in [-0.1, -0.05) is 20.8 Å². The molecule has 2 atom stereocenters. The van der Waals surface area contributed by atoms with Crippen molar-refractivity contribution in [3.63, 3.8) is 0 Å². The fourth-order valence-electron chi connectivity index (χ4n) is 0.897. The van der Waals surface area contributed by atoms with Crippen molar-refractivity contribution in [3.05, 3.63) is 0 Å². The molecular weight excluding hydrogens is 183 g/mol. The van der Waals surface area contributed by atoms with Crippen LogP contribution in [-0.4, -0.2) is 16.5 Å². The molecule has 0 unspecified atom stereocenters. The van der Waals surface area contributed by atoms with E-state index in [-0.39, 0.29) is 11.3 Å². The lowest BCUT2D eigenvalue weighted by molar-refractivity contribution is -0.110. The molecule has 0 saturated heterocycles. The van der Waals surface area contributed by atoms with Gasteiger partial charge in [-0.3, -0.25) is 0 Å². The van der Waals surface area contributed by atoms with Gasteiger partial charge in [-0.15, -0.1) is 23.2 Å². The van der Waals surface area contributed by atoms with Crippen LogP contribution in [0.2, 0.25) is 0 Å². The molecule has 0 spiro atoms. The van der Waals surface area contributed by atoms with E-state index in [0.717, 1.165) is 6.29 Å². The predicted molar refractivity (Wildman–Crippen MR) is 49.4 cm³/mol. The van der Waals surface area contributed by atoms with Crippen LogP contribution in [0.1, 0.15) is 27.2 Å². The molecule has 0 aliphatic carbocycles. The second kappa shape index (κ2) is 4.32. The van der Waals surface area contributed by atoms with Gasteiger partial charge in [0.2, 0.25) is 0 Å². The molecule has 3 heteroatoms. The molecule has 0 rings (SSSR count). The summed E-state index contributed by atoms with van der Waals surface area (Å²) in [6, 6.07) is 0. The van der Waals surface area contributed by atoms with Crippen LogP contribution in [0.25, 0.3) is 0 Å². The first-order chi connectivity index (χ1) is 4.98. The molecule has 0 bridgehead atoms. The fraction of sp³-hybridized carbons (Fsp3) is 0.875. The first-order valence-electron chi connectivity index (χ1n) is 3.77. The Kier molecular flexibility index (Phi) is 4.42. The summed E-state index contributed by atoms with van der Waals surface area (Å²) in [5.74, 6) is 0.222. The summed E-state index contributed by atoms with van der Waals surface area (Å²) in [6.07, 6.45) is 1.32. The number of hydrogen-bond acceptors (Lipinski definition) is 1. The van der Waals surface area contributed by atoms with Crippen LogP contribution in [0.4, 0.5) is 0 Å². The summed E-state index contributed by atoms with van der Waals surface area (Å²) in [5, 5.41) is -0.285. The van der Waals surface area contributed by atoms with Gasteiger partial charge in [-0.25, -0.2) is 0 Å². The van der Waals surface area contributed by atoms with Crippen molar-refractivity contribution in [2.75, 3.05) is 0 Å². The Morgan fingerprint density at radius 2 is 2.00 bits per heavy atom. The van der Waals surface area contributed by atoms with Crippen molar-refractivity contribution in [3.8, 4) is 0 Å². The van der Waals surface area contributed by atoms with Crippen molar-refractivity contribution in [2.24, 2.45) is 5.92 Å². The van der Waals surface area contributed by atoms with E-state index < -0.39 is 4.87 Å². The van der Waals surface area contributed by atoms with Gasteiger partial charge >= 0.3 is 0 Å². The van der Waals surface area contributed by atoms with Gasteiger partial charge in [0.15, 0.2) is 0 Å². The quantitative estimate of drug-likeness (QED) is 0.500. The Labute approximate surface area is 78.1 Å². The fourth-order valence-corrected chi connectivity index (χ4v) is 1.36. The van der Waals surface area contributed by atoms with Gasteiger partial charge in [0.25, 0.3) is 0 Å². The van der Waals surface area contributed by atoms with Gasteiger partial charge in [-0.05, 0) is 12.3 Å². The van der Waals surface area contributed by atoms with Gasteiger partial charge in [0, 0.05) is 0 Å². The maximum absolute atomic E-state index is 10.6. The number of rotatable bonds is 4. The van der Waals surface area contributed by atoms with E-state index in [0.29, 0.717) is 6.42 Å². The molecule has 0 aliphatic heterocycles. The molecule has 66 valence electrons. The van der Waals surface area contributed by atoms with E-state index >= 15 is 0 Å². The first kappa shape index (κ1) is 11.2. The minimum absolute atomic E-state index is 0.222. The molecule has 11 heavy (non-hydrogen) atoms. The number of carbonyl (C=O) groups excluding carboxylic acids is 1. The number of alkyl halides is 2. The maximum Gasteiger partial charge on any atom is 0.142 e. The monoisotopic (exact) mass is 196 g/mol. The third kappa shape index (κ3) is 2.64. The summed E-state index contributed by atoms with van der Waals surface area (Å²) >= 11 is 11.9. The van der Waals surface area contributed by atoms with Crippen molar-refractivity contribution >= 4 is 29.5 Å². The first-order valence-corrected chi connectivity index (χ1v) is 4.58. The Hall–Kier alpha value is 0.250. The average Bonchev–Trinajstić information content (AvgIpc) is 2.01. The van der Waals surface area contributed by atoms with E-state index in [1.807, 2.05) is 20.8 Å². The number of aldehydes is 1. The van der Waals surface area contributed by atoms with Gasteiger partial charge in [0.1, 0.15) is 11.2 Å². The minimum Gasteiger partial charge on any atom is -0.301 e. The SMILES string of the molecule is CC[C@](Cl)(C=O)[C@H](Cl)C(C)C. The molecule has 0 fully saturated rings. The van der Waals surface area contributed by atoms with Crippen LogP contribution in [0, 0.1) is 5.92 Å². The van der Waals surface area contributed by atoms with Gasteiger partial charge in [0.05, 0.1) is 5.38 Å². The Morgan fingerprint density at radius 1 is 1.55 bits per heavy atom. The standard InChI is InChI=1S/C8H14Cl2O/c1-4-8(10,5-11)7(9)6(2)3/h5-7H,4H2,1-3H3/t7-,8+/m1/s1. The molecule has 0 aromatic heterocycles. The molecule has 0 amide bonds. The minimum atomic E-state index is -0.879. The van der Waals surface area contributed by atoms with Crippen LogP contribution < -0.4 is 0 Å². The smallest absolute Gasteiger partial charge is 0.142 e. The third-order valence-corrected chi connectivity index (χ3v) is 3.38. The van der Waals surface area contributed by atoms with Gasteiger partial charge in [-0.2, -0.15) is 0 Å².